The summed E-state index contributed by atoms with van der Waals surface area (Å²) in [5, 5.41) is 7.42. The molecule has 0 radical (unpaired) electrons. The Bertz CT molecular complexity index is 982. The van der Waals surface area contributed by atoms with Gasteiger partial charge in [0.05, 0.1) is 17.3 Å². The fraction of sp³-hybridized carbons (Fsp3) is 0.429. The second-order valence-corrected chi connectivity index (χ2v) is 9.16. The molecule has 2 aliphatic rings. The molecule has 0 spiro atoms. The molecule has 5 nitrogen and oxygen atoms in total. The Balaban J connectivity index is 1.47. The van der Waals surface area contributed by atoms with E-state index in [1.54, 1.807) is 24.8 Å². The van der Waals surface area contributed by atoms with E-state index < -0.39 is 0 Å². The van der Waals surface area contributed by atoms with Crippen molar-refractivity contribution in [2.24, 2.45) is 11.3 Å². The number of thiophene rings is 1. The maximum absolute atomic E-state index is 5.27. The van der Waals surface area contributed by atoms with Crippen LogP contribution in [0.3, 0.4) is 0 Å². The van der Waals surface area contributed by atoms with Crippen molar-refractivity contribution in [3.05, 3.63) is 36.7 Å². The highest BCUT2D eigenvalue weighted by atomic mass is 32.1. The third kappa shape index (κ3) is 2.62. The van der Waals surface area contributed by atoms with Crippen molar-refractivity contribution in [3.8, 4) is 16.2 Å². The molecule has 2 N–H and O–H groups in total. The first-order valence-electron chi connectivity index (χ1n) is 9.47. The Hall–Kier alpha value is -2.18. The van der Waals surface area contributed by atoms with Crippen LogP contribution in [0.5, 0.6) is 5.75 Å². The first-order valence-corrected chi connectivity index (χ1v) is 10.3. The van der Waals surface area contributed by atoms with Crippen LogP contribution in [-0.4, -0.2) is 35.7 Å². The van der Waals surface area contributed by atoms with Crippen molar-refractivity contribution in [1.29, 1.82) is 0 Å². The molecule has 1 aromatic carbocycles. The minimum absolute atomic E-state index is 0.231. The quantitative estimate of drug-likeness (QED) is 0.712. The molecule has 140 valence electrons. The largest absolute Gasteiger partial charge is 0.497 e. The molecule has 3 heterocycles. The summed E-state index contributed by atoms with van der Waals surface area (Å²) in [6, 6.07) is 11.4. The van der Waals surface area contributed by atoms with Crippen molar-refractivity contribution in [1.82, 2.24) is 15.3 Å². The number of nitrogens with zero attached hydrogens (tertiary/aromatic N) is 2. The number of fused-ring (bicyclic) bond motifs is 2. The molecule has 3 aromatic rings. The fourth-order valence-corrected chi connectivity index (χ4v) is 5.89. The highest BCUT2D eigenvalue weighted by Gasteiger charge is 2.58. The van der Waals surface area contributed by atoms with E-state index in [1.165, 1.54) is 16.9 Å². The second kappa shape index (κ2) is 6.17. The van der Waals surface area contributed by atoms with Gasteiger partial charge in [0, 0.05) is 22.4 Å². The van der Waals surface area contributed by atoms with Crippen LogP contribution in [0.25, 0.3) is 20.7 Å². The SMILES string of the molecule is COc1ccc(-c2cc3ncnc(NC4C5CCNC5C4(C)C)c3s2)cc1. The Kier molecular flexibility index (Phi) is 3.88. The van der Waals surface area contributed by atoms with Gasteiger partial charge in [-0.05, 0) is 54.8 Å². The second-order valence-electron chi connectivity index (χ2n) is 8.10. The van der Waals surface area contributed by atoms with Crippen molar-refractivity contribution in [2.45, 2.75) is 32.4 Å². The predicted molar refractivity (Wildman–Crippen MR) is 110 cm³/mol. The monoisotopic (exact) mass is 380 g/mol. The van der Waals surface area contributed by atoms with Gasteiger partial charge in [-0.15, -0.1) is 11.3 Å². The minimum Gasteiger partial charge on any atom is -0.497 e. The number of methoxy groups -OCH3 is 1. The van der Waals surface area contributed by atoms with Crippen molar-refractivity contribution in [3.63, 3.8) is 0 Å². The number of nitrogens with one attached hydrogen (secondary N) is 2. The summed E-state index contributed by atoms with van der Waals surface area (Å²) < 4.78 is 6.40. The summed E-state index contributed by atoms with van der Waals surface area (Å²) in [7, 11) is 1.69. The maximum Gasteiger partial charge on any atom is 0.147 e. The highest BCUT2D eigenvalue weighted by Crippen LogP contribution is 2.51. The molecule has 3 unspecified atom stereocenters. The van der Waals surface area contributed by atoms with Crippen molar-refractivity contribution in [2.75, 3.05) is 19.0 Å². The smallest absolute Gasteiger partial charge is 0.147 e. The van der Waals surface area contributed by atoms with Gasteiger partial charge in [0.15, 0.2) is 0 Å². The Morgan fingerprint density at radius 2 is 2.04 bits per heavy atom. The van der Waals surface area contributed by atoms with Crippen LogP contribution in [0, 0.1) is 11.3 Å². The summed E-state index contributed by atoms with van der Waals surface area (Å²) in [6.45, 7) is 5.82. The van der Waals surface area contributed by atoms with Gasteiger partial charge in [0.1, 0.15) is 17.9 Å². The molecule has 1 saturated heterocycles. The highest BCUT2D eigenvalue weighted by molar-refractivity contribution is 7.22. The standard InChI is InChI=1S/C21H24N4OS/c1-21(2)18-14(8-9-22-18)19(21)25-20-17-15(23-11-24-20)10-16(27-17)12-4-6-13(26-3)7-5-12/h4-7,10-11,14,18-19,22H,8-9H2,1-3H3,(H,23,24,25). The van der Waals surface area contributed by atoms with Crippen LogP contribution in [0.4, 0.5) is 5.82 Å². The number of benzene rings is 1. The molecule has 1 saturated carbocycles. The summed E-state index contributed by atoms with van der Waals surface area (Å²) in [6.07, 6.45) is 2.91. The van der Waals surface area contributed by atoms with E-state index in [9.17, 15) is 0 Å². The van der Waals surface area contributed by atoms with E-state index in [0.717, 1.165) is 28.3 Å². The van der Waals surface area contributed by atoms with Gasteiger partial charge in [-0.1, -0.05) is 13.8 Å². The van der Waals surface area contributed by atoms with E-state index in [4.69, 9.17) is 4.74 Å². The summed E-state index contributed by atoms with van der Waals surface area (Å²) in [5.74, 6) is 2.52. The molecule has 6 heteroatoms. The lowest BCUT2D eigenvalue weighted by atomic mass is 9.56. The molecule has 2 fully saturated rings. The zero-order valence-electron chi connectivity index (χ0n) is 15.8. The Morgan fingerprint density at radius 3 is 2.81 bits per heavy atom. The summed E-state index contributed by atoms with van der Waals surface area (Å²) >= 11 is 1.75. The molecule has 5 rings (SSSR count). The molecule has 3 atom stereocenters. The average Bonchev–Trinajstić information content (AvgIpc) is 3.32. The van der Waals surface area contributed by atoms with Crippen LogP contribution < -0.4 is 15.4 Å². The zero-order valence-corrected chi connectivity index (χ0v) is 16.6. The number of rotatable bonds is 4. The van der Waals surface area contributed by atoms with E-state index in [2.05, 4.69) is 52.6 Å². The number of hydrogen-bond acceptors (Lipinski definition) is 6. The van der Waals surface area contributed by atoms with Gasteiger partial charge >= 0.3 is 0 Å². The first kappa shape index (κ1) is 17.0. The Labute approximate surface area is 163 Å². The predicted octanol–water partition coefficient (Wildman–Crippen LogP) is 4.17. The maximum atomic E-state index is 5.27. The number of hydrogen-bond donors (Lipinski definition) is 2. The van der Waals surface area contributed by atoms with Crippen LogP contribution in [-0.2, 0) is 0 Å². The van der Waals surface area contributed by atoms with Gasteiger partial charge in [-0.25, -0.2) is 9.97 Å². The van der Waals surface area contributed by atoms with E-state index in [0.29, 0.717) is 18.0 Å². The van der Waals surface area contributed by atoms with Gasteiger partial charge in [-0.2, -0.15) is 0 Å². The fourth-order valence-electron chi connectivity index (χ4n) is 4.82. The molecule has 27 heavy (non-hydrogen) atoms. The van der Waals surface area contributed by atoms with Crippen LogP contribution in [0.1, 0.15) is 20.3 Å². The van der Waals surface area contributed by atoms with Gasteiger partial charge in [0.2, 0.25) is 0 Å². The third-order valence-electron chi connectivity index (χ3n) is 6.28. The summed E-state index contributed by atoms with van der Waals surface area (Å²) in [4.78, 5) is 10.3. The van der Waals surface area contributed by atoms with E-state index in [1.807, 2.05) is 12.1 Å². The summed E-state index contributed by atoms with van der Waals surface area (Å²) in [5.41, 5.74) is 2.41. The molecule has 1 aliphatic heterocycles. The number of anilines is 1. The molecule has 0 amide bonds. The number of ether oxygens (including phenoxy) is 1. The molecular formula is C21H24N4OS. The lowest BCUT2D eigenvalue weighted by Gasteiger charge is -2.56. The van der Waals surface area contributed by atoms with Gasteiger partial charge in [0.25, 0.3) is 0 Å². The third-order valence-corrected chi connectivity index (χ3v) is 7.46. The molecule has 1 aliphatic carbocycles. The normalized spacial score (nSPS) is 25.8. The topological polar surface area (TPSA) is 59.1 Å². The van der Waals surface area contributed by atoms with Crippen molar-refractivity contribution >= 4 is 27.4 Å². The molecular weight excluding hydrogens is 356 g/mol. The van der Waals surface area contributed by atoms with Crippen LogP contribution in [0.15, 0.2) is 36.7 Å². The number of aromatic nitrogens is 2. The average molecular weight is 381 g/mol. The van der Waals surface area contributed by atoms with Crippen LogP contribution >= 0.6 is 11.3 Å². The van der Waals surface area contributed by atoms with E-state index in [-0.39, 0.29) is 5.41 Å². The minimum atomic E-state index is 0.231. The van der Waals surface area contributed by atoms with Crippen molar-refractivity contribution < 1.29 is 4.74 Å². The first-order chi connectivity index (χ1) is 13.1. The van der Waals surface area contributed by atoms with Crippen LogP contribution in [0.2, 0.25) is 0 Å². The molecule has 2 aromatic heterocycles. The van der Waals surface area contributed by atoms with Gasteiger partial charge < -0.3 is 15.4 Å². The Morgan fingerprint density at radius 1 is 1.22 bits per heavy atom. The lowest BCUT2D eigenvalue weighted by Crippen LogP contribution is -2.66. The molecule has 0 bridgehead atoms. The van der Waals surface area contributed by atoms with E-state index >= 15 is 0 Å². The van der Waals surface area contributed by atoms with Gasteiger partial charge in [-0.3, -0.25) is 0 Å². The zero-order chi connectivity index (χ0) is 18.6. The lowest BCUT2D eigenvalue weighted by molar-refractivity contribution is 0.0400.